The van der Waals surface area contributed by atoms with E-state index in [9.17, 15) is 9.90 Å². The normalized spacial score (nSPS) is 11.6. The molecule has 0 aliphatic heterocycles. The summed E-state index contributed by atoms with van der Waals surface area (Å²) < 4.78 is 7.18. The maximum Gasteiger partial charge on any atom is 0.410 e. The van der Waals surface area contributed by atoms with Crippen molar-refractivity contribution in [2.45, 2.75) is 52.3 Å². The van der Waals surface area contributed by atoms with Crippen molar-refractivity contribution in [1.29, 1.82) is 0 Å². The lowest BCUT2D eigenvalue weighted by Gasteiger charge is -2.24. The number of aromatic hydroxyl groups is 1. The molecule has 0 bridgehead atoms. The van der Waals surface area contributed by atoms with Crippen LogP contribution in [0.1, 0.15) is 38.6 Å². The summed E-state index contributed by atoms with van der Waals surface area (Å²) in [4.78, 5) is 26.3. The number of ether oxygens (including phenoxy) is 1. The van der Waals surface area contributed by atoms with Crippen molar-refractivity contribution in [2.75, 3.05) is 7.05 Å². The van der Waals surface area contributed by atoms with Crippen LogP contribution in [-0.4, -0.2) is 48.3 Å². The standard InChI is InChI=1S/C21H27N5O3/c1-21(2,3)29-20(28)25(4)13-16-23-18-17(19(27)24-16)26(14-22-18)12-8-11-15-9-6-5-7-10-15/h5-7,9-10,14H,8,11-13H2,1-4H3,(H,23,24,27). The van der Waals surface area contributed by atoms with E-state index in [2.05, 4.69) is 27.1 Å². The Balaban J connectivity index is 1.68. The third-order valence-electron chi connectivity index (χ3n) is 4.29. The Hall–Kier alpha value is -3.16. The highest BCUT2D eigenvalue weighted by molar-refractivity contribution is 5.76. The van der Waals surface area contributed by atoms with Gasteiger partial charge in [0, 0.05) is 13.6 Å². The summed E-state index contributed by atoms with van der Waals surface area (Å²) in [5.74, 6) is 0.165. The van der Waals surface area contributed by atoms with Crippen molar-refractivity contribution in [3.05, 3.63) is 48.0 Å². The lowest BCUT2D eigenvalue weighted by Crippen LogP contribution is -2.34. The molecule has 0 fully saturated rings. The Morgan fingerprint density at radius 1 is 1.21 bits per heavy atom. The van der Waals surface area contributed by atoms with Gasteiger partial charge in [0.1, 0.15) is 5.60 Å². The molecule has 8 nitrogen and oxygen atoms in total. The van der Waals surface area contributed by atoms with E-state index in [0.717, 1.165) is 12.8 Å². The fourth-order valence-corrected chi connectivity index (χ4v) is 2.96. The number of hydrogen-bond acceptors (Lipinski definition) is 6. The van der Waals surface area contributed by atoms with Crippen LogP contribution < -0.4 is 0 Å². The van der Waals surface area contributed by atoms with Crippen LogP contribution in [0.4, 0.5) is 4.79 Å². The van der Waals surface area contributed by atoms with Gasteiger partial charge in [-0.05, 0) is 39.2 Å². The van der Waals surface area contributed by atoms with Crippen molar-refractivity contribution in [2.24, 2.45) is 0 Å². The molecule has 0 aliphatic carbocycles. The fraction of sp³-hybridized carbons (Fsp3) is 0.429. The fourth-order valence-electron chi connectivity index (χ4n) is 2.96. The predicted octanol–water partition coefficient (Wildman–Crippen LogP) is 3.53. The summed E-state index contributed by atoms with van der Waals surface area (Å²) in [5, 5.41) is 10.4. The Bertz CT molecular complexity index is 979. The minimum absolute atomic E-state index is 0.110. The second-order valence-corrected chi connectivity index (χ2v) is 8.00. The van der Waals surface area contributed by atoms with Gasteiger partial charge in [-0.15, -0.1) is 0 Å². The highest BCUT2D eigenvalue weighted by Crippen LogP contribution is 2.22. The Kier molecular flexibility index (Phi) is 6.00. The summed E-state index contributed by atoms with van der Waals surface area (Å²) in [5.41, 5.74) is 1.59. The number of carbonyl (C=O) groups excluding carboxylic acids is 1. The molecular weight excluding hydrogens is 370 g/mol. The molecule has 1 amide bonds. The molecule has 154 valence electrons. The van der Waals surface area contributed by atoms with Gasteiger partial charge in [-0.2, -0.15) is 4.98 Å². The van der Waals surface area contributed by atoms with Gasteiger partial charge in [-0.25, -0.2) is 14.8 Å². The third-order valence-corrected chi connectivity index (χ3v) is 4.29. The van der Waals surface area contributed by atoms with Crippen LogP contribution in [0, 0.1) is 0 Å². The molecule has 2 aromatic heterocycles. The van der Waals surface area contributed by atoms with Gasteiger partial charge in [0.15, 0.2) is 17.0 Å². The molecule has 29 heavy (non-hydrogen) atoms. The van der Waals surface area contributed by atoms with E-state index < -0.39 is 11.7 Å². The first-order chi connectivity index (χ1) is 13.7. The number of fused-ring (bicyclic) bond motifs is 1. The molecule has 0 aliphatic rings. The first kappa shape index (κ1) is 20.6. The van der Waals surface area contributed by atoms with E-state index in [1.54, 1.807) is 34.1 Å². The van der Waals surface area contributed by atoms with E-state index in [-0.39, 0.29) is 12.4 Å². The maximum absolute atomic E-state index is 12.1. The molecule has 1 aromatic carbocycles. The number of benzene rings is 1. The number of amides is 1. The SMILES string of the molecule is CN(Cc1nc(O)c2c(ncn2CCCc2ccccc2)n1)C(=O)OC(C)(C)C. The van der Waals surface area contributed by atoms with Gasteiger partial charge in [0.2, 0.25) is 5.88 Å². The number of aryl methyl sites for hydroxylation is 2. The Morgan fingerprint density at radius 3 is 2.62 bits per heavy atom. The molecule has 0 radical (unpaired) electrons. The molecule has 2 heterocycles. The zero-order chi connectivity index (χ0) is 21.0. The Morgan fingerprint density at radius 2 is 1.93 bits per heavy atom. The zero-order valence-electron chi connectivity index (χ0n) is 17.3. The summed E-state index contributed by atoms with van der Waals surface area (Å²) >= 11 is 0. The lowest BCUT2D eigenvalue weighted by molar-refractivity contribution is 0.0280. The van der Waals surface area contributed by atoms with Crippen LogP contribution in [0.5, 0.6) is 5.88 Å². The molecule has 3 rings (SSSR count). The smallest absolute Gasteiger partial charge is 0.410 e. The van der Waals surface area contributed by atoms with Crippen molar-refractivity contribution < 1.29 is 14.6 Å². The first-order valence-electron chi connectivity index (χ1n) is 9.62. The molecule has 1 N–H and O–H groups in total. The highest BCUT2D eigenvalue weighted by Gasteiger charge is 2.21. The number of nitrogens with zero attached hydrogens (tertiary/aromatic N) is 5. The summed E-state index contributed by atoms with van der Waals surface area (Å²) in [7, 11) is 1.60. The molecule has 0 unspecified atom stereocenters. The van der Waals surface area contributed by atoms with Gasteiger partial charge < -0.3 is 19.3 Å². The molecule has 0 saturated carbocycles. The van der Waals surface area contributed by atoms with Crippen molar-refractivity contribution in [3.63, 3.8) is 0 Å². The number of rotatable bonds is 6. The van der Waals surface area contributed by atoms with E-state index >= 15 is 0 Å². The summed E-state index contributed by atoms with van der Waals surface area (Å²) in [6.07, 6.45) is 3.01. The van der Waals surface area contributed by atoms with E-state index in [1.165, 1.54) is 10.5 Å². The summed E-state index contributed by atoms with van der Waals surface area (Å²) in [6, 6.07) is 10.2. The second-order valence-electron chi connectivity index (χ2n) is 8.00. The number of hydrogen-bond donors (Lipinski definition) is 1. The lowest BCUT2D eigenvalue weighted by atomic mass is 10.1. The number of carbonyl (C=O) groups is 1. The minimum Gasteiger partial charge on any atom is -0.492 e. The second kappa shape index (κ2) is 8.46. The number of aromatic nitrogens is 4. The van der Waals surface area contributed by atoms with Crippen LogP contribution in [0.15, 0.2) is 36.7 Å². The average molecular weight is 397 g/mol. The van der Waals surface area contributed by atoms with Gasteiger partial charge in [0.25, 0.3) is 0 Å². The van der Waals surface area contributed by atoms with Crippen molar-refractivity contribution in [3.8, 4) is 5.88 Å². The predicted molar refractivity (Wildman–Crippen MR) is 109 cm³/mol. The van der Waals surface area contributed by atoms with Gasteiger partial charge >= 0.3 is 6.09 Å². The number of imidazole rings is 1. The van der Waals surface area contributed by atoms with E-state index in [1.807, 2.05) is 22.8 Å². The first-order valence-corrected chi connectivity index (χ1v) is 9.62. The molecule has 3 aromatic rings. The van der Waals surface area contributed by atoms with Gasteiger partial charge in [0.05, 0.1) is 12.9 Å². The molecular formula is C21H27N5O3. The molecule has 0 atom stereocenters. The van der Waals surface area contributed by atoms with E-state index in [0.29, 0.717) is 23.5 Å². The van der Waals surface area contributed by atoms with Crippen LogP contribution in [0.3, 0.4) is 0 Å². The Labute approximate surface area is 170 Å². The van der Waals surface area contributed by atoms with Gasteiger partial charge in [-0.1, -0.05) is 30.3 Å². The highest BCUT2D eigenvalue weighted by atomic mass is 16.6. The molecule has 0 saturated heterocycles. The largest absolute Gasteiger partial charge is 0.492 e. The van der Waals surface area contributed by atoms with Crippen LogP contribution in [-0.2, 0) is 24.2 Å². The summed E-state index contributed by atoms with van der Waals surface area (Å²) in [6.45, 7) is 6.21. The van der Waals surface area contributed by atoms with Crippen LogP contribution >= 0.6 is 0 Å². The maximum atomic E-state index is 12.1. The topological polar surface area (TPSA) is 93.4 Å². The van der Waals surface area contributed by atoms with E-state index in [4.69, 9.17) is 4.74 Å². The monoisotopic (exact) mass is 397 g/mol. The van der Waals surface area contributed by atoms with Crippen molar-refractivity contribution >= 4 is 17.3 Å². The zero-order valence-corrected chi connectivity index (χ0v) is 17.3. The molecule has 8 heteroatoms. The quantitative estimate of drug-likeness (QED) is 0.684. The van der Waals surface area contributed by atoms with Crippen LogP contribution in [0.2, 0.25) is 0 Å². The molecule has 0 spiro atoms. The minimum atomic E-state index is -0.586. The average Bonchev–Trinajstić information content (AvgIpc) is 3.04. The van der Waals surface area contributed by atoms with Gasteiger partial charge in [-0.3, -0.25) is 0 Å². The van der Waals surface area contributed by atoms with Crippen molar-refractivity contribution in [1.82, 2.24) is 24.4 Å². The van der Waals surface area contributed by atoms with Crippen LogP contribution in [0.25, 0.3) is 11.2 Å². The third kappa shape index (κ3) is 5.43.